The topological polar surface area (TPSA) is 15.3 Å². The van der Waals surface area contributed by atoms with E-state index >= 15 is 0 Å². The number of benzene rings is 1. The molecule has 1 aliphatic rings. The van der Waals surface area contributed by atoms with Crippen molar-refractivity contribution < 1.29 is 30.7 Å². The van der Waals surface area contributed by atoms with Crippen LogP contribution in [0.2, 0.25) is 0 Å². The maximum atomic E-state index is 14.7. The number of nitrogens with zero attached hydrogens (tertiary/aromatic N) is 1. The number of hydrogen-bond donors (Lipinski definition) is 1. The Kier molecular flexibility index (Phi) is 8.59. The highest BCUT2D eigenvalue weighted by Crippen LogP contribution is 2.44. The fraction of sp³-hybridized carbons (Fsp3) is 0.667. The second-order valence-electron chi connectivity index (χ2n) is 6.91. The molecule has 28 heavy (non-hydrogen) atoms. The Bertz CT molecular complexity index is 640. The Morgan fingerprint density at radius 3 is 2.07 bits per heavy atom. The van der Waals surface area contributed by atoms with Crippen LogP contribution in [0.3, 0.4) is 0 Å². The Hall–Kier alpha value is -1.06. The minimum Gasteiger partial charge on any atom is -0.314 e. The summed E-state index contributed by atoms with van der Waals surface area (Å²) in [6.45, 7) is 5.43. The summed E-state index contributed by atoms with van der Waals surface area (Å²) in [6, 6.07) is -0.726. The van der Waals surface area contributed by atoms with Gasteiger partial charge in [-0.05, 0) is 24.5 Å². The molecule has 1 aromatic carbocycles. The van der Waals surface area contributed by atoms with Crippen molar-refractivity contribution in [3.8, 4) is 0 Å². The highest BCUT2D eigenvalue weighted by Gasteiger charge is 2.43. The van der Waals surface area contributed by atoms with Gasteiger partial charge < -0.3 is 5.32 Å². The molecule has 1 aromatic rings. The normalized spacial score (nSPS) is 18.5. The van der Waals surface area contributed by atoms with Crippen LogP contribution in [0, 0.1) is 11.7 Å². The predicted molar refractivity (Wildman–Crippen MR) is 94.9 cm³/mol. The maximum absolute atomic E-state index is 14.7. The van der Waals surface area contributed by atoms with Crippen molar-refractivity contribution in [2.24, 2.45) is 5.92 Å². The summed E-state index contributed by atoms with van der Waals surface area (Å²) in [6.07, 6.45) is -8.94. The molecule has 1 aliphatic heterocycles. The fourth-order valence-corrected chi connectivity index (χ4v) is 3.72. The minimum absolute atomic E-state index is 0. The summed E-state index contributed by atoms with van der Waals surface area (Å²) in [5.41, 5.74) is -3.85. The van der Waals surface area contributed by atoms with Crippen LogP contribution in [-0.4, -0.2) is 31.1 Å². The van der Waals surface area contributed by atoms with E-state index < -0.39 is 40.9 Å². The van der Waals surface area contributed by atoms with Gasteiger partial charge in [0.15, 0.2) is 0 Å². The lowest BCUT2D eigenvalue weighted by Gasteiger charge is -2.40. The molecular weight excluding hydrogens is 413 g/mol. The summed E-state index contributed by atoms with van der Waals surface area (Å²) in [5, 5.41) is 3.07. The van der Waals surface area contributed by atoms with Gasteiger partial charge in [0.1, 0.15) is 5.82 Å². The quantitative estimate of drug-likeness (QED) is 0.598. The molecule has 0 radical (unpaired) electrons. The summed E-state index contributed by atoms with van der Waals surface area (Å²) in [7, 11) is 0. The smallest absolute Gasteiger partial charge is 0.314 e. The monoisotopic (exact) mass is 436 g/mol. The van der Waals surface area contributed by atoms with Crippen molar-refractivity contribution in [3.05, 3.63) is 34.6 Å². The molecule has 0 aliphatic carbocycles. The van der Waals surface area contributed by atoms with Gasteiger partial charge in [0.25, 0.3) is 0 Å². The molecule has 2 rings (SSSR count). The van der Waals surface area contributed by atoms with E-state index in [1.54, 1.807) is 11.8 Å². The van der Waals surface area contributed by atoms with Crippen molar-refractivity contribution in [3.63, 3.8) is 0 Å². The molecule has 0 aromatic heterocycles. The van der Waals surface area contributed by atoms with Gasteiger partial charge in [-0.25, -0.2) is 4.39 Å². The first-order chi connectivity index (χ1) is 12.5. The van der Waals surface area contributed by atoms with Crippen molar-refractivity contribution in [2.45, 2.75) is 45.1 Å². The predicted octanol–water partition coefficient (Wildman–Crippen LogP) is 5.67. The molecule has 0 amide bonds. The molecule has 1 saturated heterocycles. The molecule has 2 nitrogen and oxygen atoms in total. The summed E-state index contributed by atoms with van der Waals surface area (Å²) in [5.74, 6) is -1.80. The summed E-state index contributed by atoms with van der Waals surface area (Å²) >= 11 is 0. The van der Waals surface area contributed by atoms with E-state index in [9.17, 15) is 30.7 Å². The van der Waals surface area contributed by atoms with E-state index in [-0.39, 0.29) is 30.5 Å². The first-order valence-corrected chi connectivity index (χ1v) is 8.89. The first kappa shape index (κ1) is 25.0. The molecule has 0 saturated carbocycles. The lowest BCUT2D eigenvalue weighted by atomic mass is 9.85. The standard InChI is InChI=1S/C18H23F7N2.ClH/c1-3-4-11(2)16(27-7-5-26-6-8-27)15-13(18(23,24)25)9-12(10-14(15)19)17(20,21)22;/h9-11,16,26H,3-8H2,1-2H3;1H/t11?,16-;/m1./s1. The second kappa shape index (κ2) is 9.63. The zero-order chi connectivity index (χ0) is 20.4. The largest absolute Gasteiger partial charge is 0.416 e. The van der Waals surface area contributed by atoms with Crippen LogP contribution in [0.1, 0.15) is 49.4 Å². The molecule has 1 heterocycles. The molecular formula is C18H24ClF7N2. The van der Waals surface area contributed by atoms with Gasteiger partial charge in [-0.2, -0.15) is 26.3 Å². The van der Waals surface area contributed by atoms with E-state index in [1.165, 1.54) is 0 Å². The van der Waals surface area contributed by atoms with Crippen LogP contribution in [-0.2, 0) is 12.4 Å². The van der Waals surface area contributed by atoms with Crippen LogP contribution < -0.4 is 5.32 Å². The van der Waals surface area contributed by atoms with Gasteiger partial charge >= 0.3 is 12.4 Å². The average Bonchev–Trinajstić information content (AvgIpc) is 2.55. The third-order valence-electron chi connectivity index (χ3n) is 4.89. The van der Waals surface area contributed by atoms with Gasteiger partial charge in [0, 0.05) is 37.8 Å². The minimum atomic E-state index is -5.09. The highest BCUT2D eigenvalue weighted by atomic mass is 35.5. The number of halogens is 8. The van der Waals surface area contributed by atoms with Crippen LogP contribution in [0.15, 0.2) is 12.1 Å². The number of hydrogen-bond acceptors (Lipinski definition) is 2. The fourth-order valence-electron chi connectivity index (χ4n) is 3.72. The Morgan fingerprint density at radius 1 is 1.04 bits per heavy atom. The third-order valence-corrected chi connectivity index (χ3v) is 4.89. The third kappa shape index (κ3) is 5.73. The molecule has 2 atom stereocenters. The van der Waals surface area contributed by atoms with E-state index in [0.717, 1.165) is 0 Å². The van der Waals surface area contributed by atoms with Crippen LogP contribution in [0.4, 0.5) is 30.7 Å². The lowest BCUT2D eigenvalue weighted by molar-refractivity contribution is -0.144. The highest BCUT2D eigenvalue weighted by molar-refractivity contribution is 5.85. The Morgan fingerprint density at radius 2 is 1.61 bits per heavy atom. The molecule has 1 unspecified atom stereocenters. The Balaban J connectivity index is 0.00000392. The van der Waals surface area contributed by atoms with Crippen LogP contribution >= 0.6 is 12.4 Å². The van der Waals surface area contributed by atoms with Gasteiger partial charge in [-0.1, -0.05) is 20.3 Å². The van der Waals surface area contributed by atoms with E-state index in [1.807, 2.05) is 6.92 Å². The molecule has 0 bridgehead atoms. The number of piperazine rings is 1. The molecule has 0 spiro atoms. The van der Waals surface area contributed by atoms with Crippen molar-refractivity contribution in [1.82, 2.24) is 10.2 Å². The molecule has 162 valence electrons. The zero-order valence-corrected chi connectivity index (χ0v) is 16.4. The summed E-state index contributed by atoms with van der Waals surface area (Å²) in [4.78, 5) is 1.73. The van der Waals surface area contributed by atoms with E-state index in [2.05, 4.69) is 5.32 Å². The van der Waals surface area contributed by atoms with Gasteiger partial charge in [-0.15, -0.1) is 12.4 Å². The van der Waals surface area contributed by atoms with E-state index in [4.69, 9.17) is 0 Å². The maximum Gasteiger partial charge on any atom is 0.416 e. The number of alkyl halides is 6. The Labute approximate surface area is 165 Å². The number of rotatable bonds is 5. The lowest BCUT2D eigenvalue weighted by Crippen LogP contribution is -2.47. The first-order valence-electron chi connectivity index (χ1n) is 8.89. The number of nitrogens with one attached hydrogen (secondary N) is 1. The van der Waals surface area contributed by atoms with Crippen LogP contribution in [0.25, 0.3) is 0 Å². The van der Waals surface area contributed by atoms with Gasteiger partial charge in [0.2, 0.25) is 0 Å². The van der Waals surface area contributed by atoms with Gasteiger partial charge in [0.05, 0.1) is 11.1 Å². The van der Waals surface area contributed by atoms with E-state index in [0.29, 0.717) is 39.0 Å². The molecule has 1 N–H and O–H groups in total. The molecule has 10 heteroatoms. The van der Waals surface area contributed by atoms with Crippen molar-refractivity contribution >= 4 is 12.4 Å². The van der Waals surface area contributed by atoms with Crippen molar-refractivity contribution in [2.75, 3.05) is 26.2 Å². The SMILES string of the molecule is CCCC(C)[C@H](c1c(F)cc(C(F)(F)F)cc1C(F)(F)F)N1CCNCC1.Cl. The average molecular weight is 437 g/mol. The second-order valence-corrected chi connectivity index (χ2v) is 6.91. The zero-order valence-electron chi connectivity index (χ0n) is 15.6. The molecule has 1 fully saturated rings. The van der Waals surface area contributed by atoms with Crippen molar-refractivity contribution in [1.29, 1.82) is 0 Å². The van der Waals surface area contributed by atoms with Gasteiger partial charge in [-0.3, -0.25) is 4.90 Å². The summed E-state index contributed by atoms with van der Waals surface area (Å²) < 4.78 is 94.4. The van der Waals surface area contributed by atoms with Crippen LogP contribution in [0.5, 0.6) is 0 Å².